The molecule has 4 heteroatoms. The van der Waals surface area contributed by atoms with E-state index in [1.165, 1.54) is 16.7 Å². The van der Waals surface area contributed by atoms with E-state index in [0.717, 1.165) is 34.9 Å². The van der Waals surface area contributed by atoms with Crippen LogP contribution in [0.1, 0.15) is 17.5 Å². The average molecular weight is 360 g/mol. The number of fused-ring (bicyclic) bond motifs is 1. The number of nitrogens with zero attached hydrogens (tertiary/aromatic N) is 1. The molecule has 0 aliphatic carbocycles. The predicted molar refractivity (Wildman–Crippen MR) is 103 cm³/mol. The number of hydrogen-bond donors (Lipinski definition) is 0. The highest BCUT2D eigenvalue weighted by molar-refractivity contribution is 7.85. The Morgan fingerprint density at radius 2 is 1.79 bits per heavy atom. The Hall–Kier alpha value is -1.42. The predicted octanol–water partition coefficient (Wildman–Crippen LogP) is 4.41. The van der Waals surface area contributed by atoms with Gasteiger partial charge in [0.25, 0.3) is 0 Å². The molecule has 2 nitrogen and oxygen atoms in total. The van der Waals surface area contributed by atoms with Crippen molar-refractivity contribution in [3.8, 4) is 0 Å². The average Bonchev–Trinajstić information content (AvgIpc) is 2.69. The normalized spacial score (nSPS) is 17.8. The van der Waals surface area contributed by atoms with Crippen LogP contribution >= 0.6 is 11.6 Å². The zero-order valence-electron chi connectivity index (χ0n) is 14.1. The van der Waals surface area contributed by atoms with Gasteiger partial charge in [-0.05, 0) is 61.8 Å². The summed E-state index contributed by atoms with van der Waals surface area (Å²) in [6, 6.07) is 16.2. The van der Waals surface area contributed by atoms with Crippen LogP contribution in [0.3, 0.4) is 0 Å². The van der Waals surface area contributed by atoms with E-state index in [2.05, 4.69) is 37.2 Å². The maximum Gasteiger partial charge on any atom is 0.0538 e. The Balaban J connectivity index is 2.08. The van der Waals surface area contributed by atoms with Gasteiger partial charge in [0.15, 0.2) is 0 Å². The molecule has 1 unspecified atom stereocenters. The van der Waals surface area contributed by atoms with E-state index >= 15 is 0 Å². The van der Waals surface area contributed by atoms with Gasteiger partial charge in [-0.3, -0.25) is 4.21 Å². The van der Waals surface area contributed by atoms with Gasteiger partial charge in [0.05, 0.1) is 10.8 Å². The summed E-state index contributed by atoms with van der Waals surface area (Å²) >= 11 is 6.02. The lowest BCUT2D eigenvalue weighted by Gasteiger charge is -2.18. The molecule has 0 saturated carbocycles. The van der Waals surface area contributed by atoms with E-state index < -0.39 is 10.8 Å². The van der Waals surface area contributed by atoms with Gasteiger partial charge in [0.1, 0.15) is 0 Å². The Morgan fingerprint density at radius 1 is 1.08 bits per heavy atom. The van der Waals surface area contributed by atoms with Crippen LogP contribution in [0.5, 0.6) is 0 Å². The van der Waals surface area contributed by atoms with Gasteiger partial charge in [-0.15, -0.1) is 0 Å². The zero-order chi connectivity index (χ0) is 17.1. The monoisotopic (exact) mass is 359 g/mol. The summed E-state index contributed by atoms with van der Waals surface area (Å²) in [6.07, 6.45) is 1.72. The second-order valence-corrected chi connectivity index (χ2v) is 8.39. The summed E-state index contributed by atoms with van der Waals surface area (Å²) in [4.78, 5) is 3.16. The first-order valence-electron chi connectivity index (χ1n) is 8.12. The van der Waals surface area contributed by atoms with Gasteiger partial charge in [0, 0.05) is 22.2 Å². The molecule has 0 N–H and O–H groups in total. The number of rotatable bonds is 4. The molecule has 24 heavy (non-hydrogen) atoms. The van der Waals surface area contributed by atoms with Gasteiger partial charge in [-0.25, -0.2) is 0 Å². The van der Waals surface area contributed by atoms with Gasteiger partial charge >= 0.3 is 0 Å². The molecule has 2 aromatic rings. The molecule has 0 radical (unpaired) electrons. The van der Waals surface area contributed by atoms with Crippen LogP contribution in [0, 0.1) is 0 Å². The molecular weight excluding hydrogens is 338 g/mol. The summed E-state index contributed by atoms with van der Waals surface area (Å²) in [7, 11) is 3.24. The van der Waals surface area contributed by atoms with Gasteiger partial charge < -0.3 is 4.90 Å². The highest BCUT2D eigenvalue weighted by Crippen LogP contribution is 2.33. The standard InChI is InChI=1S/C20H22ClNOS/c1-22(2)14-16-11-12-24(23)20-6-4-3-5-18(20)19(16)13-15-7-9-17(21)10-8-15/h3-10H,11-14H2,1-2H3. The molecule has 1 aliphatic rings. The summed E-state index contributed by atoms with van der Waals surface area (Å²) in [6.45, 7) is 0.897. The fraction of sp³-hybridized carbons (Fsp3) is 0.300. The van der Waals surface area contributed by atoms with E-state index in [1.54, 1.807) is 0 Å². The molecule has 0 aromatic heterocycles. The van der Waals surface area contributed by atoms with Gasteiger partial charge in [-0.1, -0.05) is 47.5 Å². The third-order valence-corrected chi connectivity index (χ3v) is 5.95. The molecule has 3 rings (SSSR count). The van der Waals surface area contributed by atoms with Crippen LogP contribution in [0.2, 0.25) is 5.02 Å². The van der Waals surface area contributed by atoms with Crippen molar-refractivity contribution in [1.82, 2.24) is 4.90 Å². The summed E-state index contributed by atoms with van der Waals surface area (Å²) < 4.78 is 12.6. The molecule has 1 heterocycles. The van der Waals surface area contributed by atoms with Crippen LogP contribution in [0.4, 0.5) is 0 Å². The van der Waals surface area contributed by atoms with Crippen molar-refractivity contribution < 1.29 is 4.21 Å². The minimum Gasteiger partial charge on any atom is -0.305 e. The maximum atomic E-state index is 12.6. The minimum atomic E-state index is -0.932. The number of allylic oxidation sites excluding steroid dienone is 1. The van der Waals surface area contributed by atoms with Crippen LogP contribution in [0.15, 0.2) is 59.0 Å². The zero-order valence-corrected chi connectivity index (χ0v) is 15.7. The van der Waals surface area contributed by atoms with Crippen molar-refractivity contribution in [2.75, 3.05) is 26.4 Å². The molecule has 0 saturated heterocycles. The Kier molecular flexibility index (Phi) is 5.54. The number of halogens is 1. The molecule has 0 amide bonds. The third kappa shape index (κ3) is 3.97. The Bertz CT molecular complexity index is 780. The lowest BCUT2D eigenvalue weighted by Crippen LogP contribution is -2.17. The lowest BCUT2D eigenvalue weighted by molar-refractivity contribution is 0.441. The second-order valence-electron chi connectivity index (χ2n) is 6.42. The number of hydrogen-bond acceptors (Lipinski definition) is 2. The van der Waals surface area contributed by atoms with Gasteiger partial charge in [0.2, 0.25) is 0 Å². The molecule has 0 fully saturated rings. The van der Waals surface area contributed by atoms with Crippen LogP contribution in [-0.2, 0) is 17.2 Å². The quantitative estimate of drug-likeness (QED) is 0.805. The fourth-order valence-electron chi connectivity index (χ4n) is 3.16. The van der Waals surface area contributed by atoms with Crippen molar-refractivity contribution in [3.05, 3.63) is 70.3 Å². The lowest BCUT2D eigenvalue weighted by atomic mass is 9.92. The van der Waals surface area contributed by atoms with E-state index in [0.29, 0.717) is 5.75 Å². The first-order valence-corrected chi connectivity index (χ1v) is 9.82. The van der Waals surface area contributed by atoms with Gasteiger partial charge in [-0.2, -0.15) is 0 Å². The third-order valence-electron chi connectivity index (χ3n) is 4.27. The molecular formula is C20H22ClNOS. The first kappa shape index (κ1) is 17.4. The van der Waals surface area contributed by atoms with Crippen molar-refractivity contribution in [2.24, 2.45) is 0 Å². The van der Waals surface area contributed by atoms with Crippen molar-refractivity contribution >= 4 is 28.0 Å². The van der Waals surface area contributed by atoms with Crippen LogP contribution in [-0.4, -0.2) is 35.5 Å². The van der Waals surface area contributed by atoms with E-state index in [-0.39, 0.29) is 0 Å². The summed E-state index contributed by atoms with van der Waals surface area (Å²) in [5.74, 6) is 0.699. The molecule has 1 atom stereocenters. The summed E-state index contributed by atoms with van der Waals surface area (Å²) in [5.41, 5.74) is 5.06. The molecule has 126 valence electrons. The van der Waals surface area contributed by atoms with E-state index in [9.17, 15) is 4.21 Å². The minimum absolute atomic E-state index is 0.699. The van der Waals surface area contributed by atoms with E-state index in [1.807, 2.05) is 30.3 Å². The van der Waals surface area contributed by atoms with Crippen molar-refractivity contribution in [3.63, 3.8) is 0 Å². The van der Waals surface area contributed by atoms with Crippen LogP contribution in [0.25, 0.3) is 5.57 Å². The molecule has 0 bridgehead atoms. The number of benzene rings is 2. The Labute approximate surface area is 151 Å². The molecule has 0 spiro atoms. The fourth-order valence-corrected chi connectivity index (χ4v) is 4.61. The molecule has 1 aliphatic heterocycles. The van der Waals surface area contributed by atoms with Crippen molar-refractivity contribution in [2.45, 2.75) is 17.7 Å². The highest BCUT2D eigenvalue weighted by Gasteiger charge is 2.21. The Morgan fingerprint density at radius 3 is 2.50 bits per heavy atom. The topological polar surface area (TPSA) is 20.3 Å². The first-order chi connectivity index (χ1) is 11.5. The van der Waals surface area contributed by atoms with Crippen molar-refractivity contribution in [1.29, 1.82) is 0 Å². The highest BCUT2D eigenvalue weighted by atomic mass is 35.5. The number of likely N-dealkylation sites (N-methyl/N-ethyl adjacent to an activating group) is 1. The largest absolute Gasteiger partial charge is 0.305 e. The van der Waals surface area contributed by atoms with Crippen LogP contribution < -0.4 is 0 Å². The smallest absolute Gasteiger partial charge is 0.0538 e. The SMILES string of the molecule is CN(C)CC1=C(Cc2ccc(Cl)cc2)c2ccccc2S(=O)CC1. The summed E-state index contributed by atoms with van der Waals surface area (Å²) in [5, 5.41) is 0.753. The van der Waals surface area contributed by atoms with E-state index in [4.69, 9.17) is 11.6 Å². The maximum absolute atomic E-state index is 12.6. The molecule has 2 aromatic carbocycles. The second kappa shape index (κ2) is 7.64.